The maximum absolute atomic E-state index is 14.8. The Bertz CT molecular complexity index is 1400. The summed E-state index contributed by atoms with van der Waals surface area (Å²) in [5, 5.41) is 2.91. The molecule has 0 saturated carbocycles. The van der Waals surface area contributed by atoms with E-state index in [1.807, 2.05) is 63.2 Å². The molecule has 0 bridgehead atoms. The maximum atomic E-state index is 14.8. The van der Waals surface area contributed by atoms with E-state index >= 15 is 0 Å². The van der Waals surface area contributed by atoms with E-state index in [4.69, 9.17) is 0 Å². The van der Waals surface area contributed by atoms with Gasteiger partial charge >= 0.3 is 0 Å². The van der Waals surface area contributed by atoms with Crippen molar-refractivity contribution in [3.8, 4) is 0 Å². The highest BCUT2D eigenvalue weighted by molar-refractivity contribution is 7.92. The van der Waals surface area contributed by atoms with Gasteiger partial charge in [-0.25, -0.2) is 12.8 Å². The van der Waals surface area contributed by atoms with Gasteiger partial charge in [-0.05, 0) is 41.7 Å². The highest BCUT2D eigenvalue weighted by atomic mass is 32.2. The molecule has 0 heterocycles. The average molecular weight is 582 g/mol. The molecular formula is C32H40FN3O4S. The zero-order valence-electron chi connectivity index (χ0n) is 24.2. The van der Waals surface area contributed by atoms with Crippen molar-refractivity contribution in [2.24, 2.45) is 0 Å². The van der Waals surface area contributed by atoms with Crippen molar-refractivity contribution in [1.82, 2.24) is 10.2 Å². The molecule has 9 heteroatoms. The van der Waals surface area contributed by atoms with E-state index in [-0.39, 0.29) is 30.4 Å². The third-order valence-corrected chi connectivity index (χ3v) is 8.07. The third-order valence-electron chi connectivity index (χ3n) is 6.93. The first kappa shape index (κ1) is 31.8. The Morgan fingerprint density at radius 1 is 0.927 bits per heavy atom. The number of carbonyl (C=O) groups is 2. The highest BCUT2D eigenvalue weighted by Gasteiger charge is 2.33. The summed E-state index contributed by atoms with van der Waals surface area (Å²) in [7, 11) is -3.87. The molecule has 3 aromatic carbocycles. The molecule has 0 saturated heterocycles. The van der Waals surface area contributed by atoms with Gasteiger partial charge in [-0.2, -0.15) is 0 Å². The van der Waals surface area contributed by atoms with Gasteiger partial charge in [0.05, 0.1) is 11.9 Å². The Hall–Kier alpha value is -3.72. The number of anilines is 1. The predicted molar refractivity (Wildman–Crippen MR) is 162 cm³/mol. The first-order chi connectivity index (χ1) is 19.5. The van der Waals surface area contributed by atoms with Crippen molar-refractivity contribution in [1.29, 1.82) is 0 Å². The second-order valence-corrected chi connectivity index (χ2v) is 12.4. The van der Waals surface area contributed by atoms with Crippen LogP contribution in [-0.4, -0.2) is 50.5 Å². The summed E-state index contributed by atoms with van der Waals surface area (Å²) in [5.41, 5.74) is 2.41. The van der Waals surface area contributed by atoms with E-state index in [0.717, 1.165) is 34.5 Å². The minimum Gasteiger partial charge on any atom is -0.354 e. The number of hydrogen-bond donors (Lipinski definition) is 1. The van der Waals surface area contributed by atoms with Crippen molar-refractivity contribution >= 4 is 27.5 Å². The van der Waals surface area contributed by atoms with Crippen molar-refractivity contribution in [2.75, 3.05) is 23.7 Å². The minimum atomic E-state index is -3.87. The summed E-state index contributed by atoms with van der Waals surface area (Å²) >= 11 is 0. The van der Waals surface area contributed by atoms with Crippen LogP contribution >= 0.6 is 0 Å². The van der Waals surface area contributed by atoms with Crippen LogP contribution < -0.4 is 9.62 Å². The highest BCUT2D eigenvalue weighted by Crippen LogP contribution is 2.23. The molecular weight excluding hydrogens is 541 g/mol. The van der Waals surface area contributed by atoms with Gasteiger partial charge in [0.15, 0.2) is 0 Å². The molecule has 2 amide bonds. The molecule has 0 spiro atoms. The first-order valence-corrected chi connectivity index (χ1v) is 15.8. The van der Waals surface area contributed by atoms with Gasteiger partial charge in [0.25, 0.3) is 0 Å². The Labute approximate surface area is 243 Å². The molecule has 0 fully saturated rings. The zero-order chi connectivity index (χ0) is 30.0. The minimum absolute atomic E-state index is 0.181. The summed E-state index contributed by atoms with van der Waals surface area (Å²) < 4.78 is 41.7. The molecule has 0 aromatic heterocycles. The van der Waals surface area contributed by atoms with Crippen molar-refractivity contribution in [3.63, 3.8) is 0 Å². The number of carbonyl (C=O) groups excluding carboxylic acids is 2. The fourth-order valence-corrected chi connectivity index (χ4v) is 5.36. The SMILES string of the molecule is CCCCNC(=O)[C@H](Cc1ccccc1)N(Cc1ccccc1F)C(=O)CN(c1ccc(C(C)C)cc1)S(C)(=O)=O. The monoisotopic (exact) mass is 581 g/mol. The van der Waals surface area contributed by atoms with Crippen LogP contribution in [0.5, 0.6) is 0 Å². The summed E-state index contributed by atoms with van der Waals surface area (Å²) in [5.74, 6) is -1.25. The number of hydrogen-bond acceptors (Lipinski definition) is 4. The molecule has 41 heavy (non-hydrogen) atoms. The lowest BCUT2D eigenvalue weighted by Gasteiger charge is -2.33. The molecule has 1 atom stereocenters. The number of amides is 2. The fourth-order valence-electron chi connectivity index (χ4n) is 4.51. The van der Waals surface area contributed by atoms with E-state index in [1.165, 1.54) is 11.0 Å². The van der Waals surface area contributed by atoms with Crippen LogP contribution in [0.1, 0.15) is 56.2 Å². The molecule has 0 aliphatic rings. The number of nitrogens with one attached hydrogen (secondary N) is 1. The number of nitrogens with zero attached hydrogens (tertiary/aromatic N) is 2. The molecule has 1 N–H and O–H groups in total. The lowest BCUT2D eigenvalue weighted by Crippen LogP contribution is -2.53. The maximum Gasteiger partial charge on any atom is 0.244 e. The van der Waals surface area contributed by atoms with Gasteiger partial charge in [-0.15, -0.1) is 0 Å². The number of halogens is 1. The van der Waals surface area contributed by atoms with Gasteiger partial charge < -0.3 is 10.2 Å². The number of sulfonamides is 1. The lowest BCUT2D eigenvalue weighted by molar-refractivity contribution is -0.140. The standard InChI is InChI=1S/C32H40FN3O4S/c1-5-6-20-34-32(38)30(21-25-12-8-7-9-13-25)35(22-27-14-10-11-15-29(27)33)31(37)23-36(41(4,39)40)28-18-16-26(17-19-28)24(2)3/h7-19,24,30H,5-6,20-23H2,1-4H3,(H,34,38)/t30-/m0/s1. The summed E-state index contributed by atoms with van der Waals surface area (Å²) in [4.78, 5) is 28.9. The van der Waals surface area contributed by atoms with E-state index in [9.17, 15) is 22.4 Å². The Morgan fingerprint density at radius 3 is 2.15 bits per heavy atom. The molecule has 7 nitrogen and oxygen atoms in total. The Balaban J connectivity index is 2.03. The van der Waals surface area contributed by atoms with Crippen molar-refractivity contribution in [3.05, 3.63) is 101 Å². The largest absolute Gasteiger partial charge is 0.354 e. The van der Waals surface area contributed by atoms with Gasteiger partial charge in [0.1, 0.15) is 18.4 Å². The van der Waals surface area contributed by atoms with E-state index in [2.05, 4.69) is 5.32 Å². The van der Waals surface area contributed by atoms with Gasteiger partial charge in [-0.1, -0.05) is 87.9 Å². The van der Waals surface area contributed by atoms with Gasteiger partial charge in [0.2, 0.25) is 21.8 Å². The molecule has 0 unspecified atom stereocenters. The quantitative estimate of drug-likeness (QED) is 0.263. The van der Waals surface area contributed by atoms with Gasteiger partial charge in [0, 0.05) is 25.1 Å². The van der Waals surface area contributed by atoms with Crippen molar-refractivity contribution in [2.45, 2.75) is 58.5 Å². The average Bonchev–Trinajstić information content (AvgIpc) is 2.94. The molecule has 0 aliphatic carbocycles. The summed E-state index contributed by atoms with van der Waals surface area (Å²) in [6, 6.07) is 21.3. The number of rotatable bonds is 14. The molecule has 3 rings (SSSR count). The summed E-state index contributed by atoms with van der Waals surface area (Å²) in [6.07, 6.45) is 2.86. The second-order valence-electron chi connectivity index (χ2n) is 10.5. The van der Waals surface area contributed by atoms with Crippen molar-refractivity contribution < 1.29 is 22.4 Å². The Kier molecular flexibility index (Phi) is 11.5. The zero-order valence-corrected chi connectivity index (χ0v) is 25.0. The van der Waals surface area contributed by atoms with E-state index in [1.54, 1.807) is 30.3 Å². The fraction of sp³-hybridized carbons (Fsp3) is 0.375. The Morgan fingerprint density at radius 2 is 1.56 bits per heavy atom. The second kappa shape index (κ2) is 14.8. The van der Waals surface area contributed by atoms with E-state index in [0.29, 0.717) is 12.2 Å². The van der Waals surface area contributed by atoms with Crippen LogP contribution in [0.25, 0.3) is 0 Å². The molecule has 0 aliphatic heterocycles. The molecule has 0 radical (unpaired) electrons. The van der Waals surface area contributed by atoms with E-state index < -0.39 is 34.3 Å². The normalized spacial score (nSPS) is 12.1. The van der Waals surface area contributed by atoms with Crippen LogP contribution in [0, 0.1) is 5.82 Å². The topological polar surface area (TPSA) is 86.8 Å². The smallest absolute Gasteiger partial charge is 0.244 e. The first-order valence-electron chi connectivity index (χ1n) is 13.9. The summed E-state index contributed by atoms with van der Waals surface area (Å²) in [6.45, 7) is 5.77. The van der Waals surface area contributed by atoms with Crippen LogP contribution in [0.15, 0.2) is 78.9 Å². The number of unbranched alkanes of at least 4 members (excludes halogenated alkanes) is 1. The lowest BCUT2D eigenvalue weighted by atomic mass is 10.0. The van der Waals surface area contributed by atoms with Crippen LogP contribution in [0.4, 0.5) is 10.1 Å². The van der Waals surface area contributed by atoms with Crippen LogP contribution in [0.2, 0.25) is 0 Å². The molecule has 3 aromatic rings. The van der Waals surface area contributed by atoms with Crippen LogP contribution in [-0.2, 0) is 32.6 Å². The molecule has 220 valence electrons. The predicted octanol–water partition coefficient (Wildman–Crippen LogP) is 5.27. The third kappa shape index (κ3) is 9.14. The van der Waals surface area contributed by atoms with Crippen LogP contribution in [0.3, 0.4) is 0 Å². The van der Waals surface area contributed by atoms with Gasteiger partial charge in [-0.3, -0.25) is 13.9 Å². The number of benzene rings is 3.